The Hall–Kier alpha value is -2.72. The van der Waals surface area contributed by atoms with Crippen LogP contribution in [0.25, 0.3) is 0 Å². The van der Waals surface area contributed by atoms with Crippen molar-refractivity contribution in [2.75, 3.05) is 31.5 Å². The number of benzene rings is 1. The van der Waals surface area contributed by atoms with E-state index in [0.717, 1.165) is 25.7 Å². The van der Waals surface area contributed by atoms with Crippen molar-refractivity contribution in [1.29, 1.82) is 0 Å². The van der Waals surface area contributed by atoms with Crippen LogP contribution in [0, 0.1) is 11.7 Å². The number of sulfonamides is 1. The lowest BCUT2D eigenvalue weighted by molar-refractivity contribution is -0.120. The van der Waals surface area contributed by atoms with Gasteiger partial charge in [-0.25, -0.2) is 12.8 Å². The van der Waals surface area contributed by atoms with Crippen molar-refractivity contribution in [2.24, 2.45) is 5.92 Å². The second-order valence-corrected chi connectivity index (χ2v) is 10.6. The third kappa shape index (κ3) is 5.44. The second kappa shape index (κ2) is 10.0. The number of anilines is 1. The molecule has 1 atom stereocenters. The van der Waals surface area contributed by atoms with Gasteiger partial charge in [0.25, 0.3) is 5.91 Å². The van der Waals surface area contributed by atoms with E-state index in [2.05, 4.69) is 10.3 Å². The minimum absolute atomic E-state index is 0.0202. The topological polar surface area (TPSA) is 103 Å². The number of likely N-dealkylation sites (tertiary alicyclic amines) is 1. The molecule has 0 aliphatic carbocycles. The first-order valence-corrected chi connectivity index (χ1v) is 12.8. The fourth-order valence-corrected chi connectivity index (χ4v) is 5.94. The number of hydrogen-bond acceptors (Lipinski definition) is 4. The van der Waals surface area contributed by atoms with Crippen molar-refractivity contribution < 1.29 is 22.4 Å². The summed E-state index contributed by atoms with van der Waals surface area (Å²) < 4.78 is 41.1. The van der Waals surface area contributed by atoms with Gasteiger partial charge in [0.15, 0.2) is 0 Å². The van der Waals surface area contributed by atoms with E-state index in [1.165, 1.54) is 34.8 Å². The van der Waals surface area contributed by atoms with Crippen LogP contribution in [-0.4, -0.2) is 60.6 Å². The molecule has 178 valence electrons. The number of carbonyl (C=O) groups is 2. The Morgan fingerprint density at radius 2 is 1.79 bits per heavy atom. The average Bonchev–Trinajstić information content (AvgIpc) is 3.16. The lowest BCUT2D eigenvalue weighted by Gasteiger charge is -2.30. The minimum Gasteiger partial charge on any atom is -0.356 e. The maximum absolute atomic E-state index is 13.4. The van der Waals surface area contributed by atoms with Crippen LogP contribution < -0.4 is 5.32 Å². The molecule has 2 amide bonds. The first-order valence-electron chi connectivity index (χ1n) is 11.4. The van der Waals surface area contributed by atoms with E-state index in [0.29, 0.717) is 38.2 Å². The summed E-state index contributed by atoms with van der Waals surface area (Å²) in [5.41, 5.74) is 0.593. The van der Waals surface area contributed by atoms with Crippen LogP contribution >= 0.6 is 0 Å². The van der Waals surface area contributed by atoms with E-state index in [9.17, 15) is 22.4 Å². The van der Waals surface area contributed by atoms with Crippen molar-refractivity contribution in [3.05, 3.63) is 48.0 Å². The highest BCUT2D eigenvalue weighted by atomic mass is 32.2. The summed E-state index contributed by atoms with van der Waals surface area (Å²) in [5.74, 6) is -1.54. The molecule has 2 aliphatic heterocycles. The molecule has 0 spiro atoms. The number of hydrogen-bond donors (Lipinski definition) is 2. The molecule has 2 aliphatic rings. The Labute approximate surface area is 193 Å². The number of rotatable bonds is 5. The Kier molecular flexibility index (Phi) is 7.14. The van der Waals surface area contributed by atoms with Gasteiger partial charge in [0.2, 0.25) is 15.9 Å². The maximum atomic E-state index is 13.4. The number of amides is 2. The van der Waals surface area contributed by atoms with Crippen LogP contribution in [0.3, 0.4) is 0 Å². The molecule has 2 fully saturated rings. The zero-order valence-corrected chi connectivity index (χ0v) is 19.2. The summed E-state index contributed by atoms with van der Waals surface area (Å²) in [4.78, 5) is 30.1. The van der Waals surface area contributed by atoms with Crippen LogP contribution in [0.4, 0.5) is 10.1 Å². The molecule has 10 heteroatoms. The molecule has 8 nitrogen and oxygen atoms in total. The zero-order valence-electron chi connectivity index (χ0n) is 18.4. The van der Waals surface area contributed by atoms with Crippen LogP contribution in [-0.2, 0) is 14.8 Å². The summed E-state index contributed by atoms with van der Waals surface area (Å²) in [7, 11) is -3.87. The molecule has 2 saturated heterocycles. The molecule has 33 heavy (non-hydrogen) atoms. The number of halogens is 1. The number of nitrogens with one attached hydrogen (secondary N) is 2. The summed E-state index contributed by atoms with van der Waals surface area (Å²) in [5, 5.41) is 2.67. The van der Waals surface area contributed by atoms with Crippen molar-refractivity contribution in [3.63, 3.8) is 0 Å². The van der Waals surface area contributed by atoms with Gasteiger partial charge in [0, 0.05) is 38.1 Å². The molecule has 0 radical (unpaired) electrons. The highest BCUT2D eigenvalue weighted by molar-refractivity contribution is 7.89. The molecule has 0 saturated carbocycles. The fourth-order valence-electron chi connectivity index (χ4n) is 4.43. The predicted octanol–water partition coefficient (Wildman–Crippen LogP) is 3.21. The van der Waals surface area contributed by atoms with E-state index in [1.807, 2.05) is 0 Å². The molecule has 2 N–H and O–H groups in total. The van der Waals surface area contributed by atoms with Crippen LogP contribution in [0.1, 0.15) is 49.0 Å². The first kappa shape index (κ1) is 23.4. The van der Waals surface area contributed by atoms with Crippen molar-refractivity contribution >= 4 is 27.5 Å². The monoisotopic (exact) mass is 476 g/mol. The zero-order chi connectivity index (χ0) is 23.4. The van der Waals surface area contributed by atoms with Crippen LogP contribution in [0.2, 0.25) is 0 Å². The second-order valence-electron chi connectivity index (χ2n) is 8.66. The van der Waals surface area contributed by atoms with Gasteiger partial charge < -0.3 is 15.2 Å². The van der Waals surface area contributed by atoms with E-state index >= 15 is 0 Å². The molecule has 4 rings (SSSR count). The molecule has 1 aromatic carbocycles. The number of nitrogens with zero attached hydrogens (tertiary/aromatic N) is 2. The summed E-state index contributed by atoms with van der Waals surface area (Å²) in [6, 6.07) is 6.98. The van der Waals surface area contributed by atoms with Crippen molar-refractivity contribution in [2.45, 2.75) is 43.4 Å². The number of aromatic amines is 1. The standard InChI is InChI=1S/C23H29FN4O4S/c24-18-8-5-9-19(13-18)26-22(29)17-7-6-12-28(16-17)33(31,32)20-14-21(25-15-20)23(30)27-10-3-1-2-4-11-27/h5,8-9,13-15,17,25H,1-4,6-7,10-12,16H2,(H,26,29)/t17-/m1/s1. The lowest BCUT2D eigenvalue weighted by Crippen LogP contribution is -2.43. The van der Waals surface area contributed by atoms with Crippen molar-refractivity contribution in [3.8, 4) is 0 Å². The SMILES string of the molecule is O=C(Nc1cccc(F)c1)[C@@H]1CCCN(S(=O)(=O)c2c[nH]c(C(=O)N3CCCCCC3)c2)C1. The Morgan fingerprint density at radius 3 is 2.52 bits per heavy atom. The Morgan fingerprint density at radius 1 is 1.03 bits per heavy atom. The van der Waals surface area contributed by atoms with Gasteiger partial charge in [-0.2, -0.15) is 4.31 Å². The highest BCUT2D eigenvalue weighted by Gasteiger charge is 2.34. The molecular formula is C23H29FN4O4S. The quantitative estimate of drug-likeness (QED) is 0.692. The number of carbonyl (C=O) groups excluding carboxylic acids is 2. The van der Waals surface area contributed by atoms with Crippen LogP contribution in [0.15, 0.2) is 41.4 Å². The Bertz CT molecular complexity index is 1110. The molecule has 0 bridgehead atoms. The van der Waals surface area contributed by atoms with E-state index < -0.39 is 21.8 Å². The predicted molar refractivity (Wildman–Crippen MR) is 122 cm³/mol. The largest absolute Gasteiger partial charge is 0.356 e. The van der Waals surface area contributed by atoms with Crippen LogP contribution in [0.5, 0.6) is 0 Å². The minimum atomic E-state index is -3.87. The Balaban J connectivity index is 1.43. The summed E-state index contributed by atoms with van der Waals surface area (Å²) in [6.45, 7) is 1.68. The van der Waals surface area contributed by atoms with Gasteiger partial charge in [0.05, 0.1) is 5.92 Å². The van der Waals surface area contributed by atoms with Gasteiger partial charge in [-0.05, 0) is 49.9 Å². The van der Waals surface area contributed by atoms with Gasteiger partial charge >= 0.3 is 0 Å². The lowest BCUT2D eigenvalue weighted by atomic mass is 9.99. The average molecular weight is 477 g/mol. The van der Waals surface area contributed by atoms with Gasteiger partial charge in [-0.3, -0.25) is 9.59 Å². The number of H-pyrrole nitrogens is 1. The normalized spacial score (nSPS) is 20.3. The third-order valence-corrected chi connectivity index (χ3v) is 8.11. The molecular weight excluding hydrogens is 447 g/mol. The molecule has 1 aromatic heterocycles. The summed E-state index contributed by atoms with van der Waals surface area (Å²) >= 11 is 0. The number of piperidine rings is 1. The van der Waals surface area contributed by atoms with Gasteiger partial charge in [-0.1, -0.05) is 18.9 Å². The van der Waals surface area contributed by atoms with Gasteiger partial charge in [0.1, 0.15) is 16.4 Å². The van der Waals surface area contributed by atoms with Crippen molar-refractivity contribution in [1.82, 2.24) is 14.2 Å². The third-order valence-electron chi connectivity index (χ3n) is 6.27. The maximum Gasteiger partial charge on any atom is 0.270 e. The van der Waals surface area contributed by atoms with E-state index in [1.54, 1.807) is 11.0 Å². The molecule has 2 aromatic rings. The van der Waals surface area contributed by atoms with E-state index in [-0.39, 0.29) is 28.9 Å². The van der Waals surface area contributed by atoms with Gasteiger partial charge in [-0.15, -0.1) is 0 Å². The summed E-state index contributed by atoms with van der Waals surface area (Å²) in [6.07, 6.45) is 6.50. The smallest absolute Gasteiger partial charge is 0.270 e. The molecule has 0 unspecified atom stereocenters. The first-order chi connectivity index (χ1) is 15.8. The van der Waals surface area contributed by atoms with E-state index in [4.69, 9.17) is 0 Å². The molecule has 3 heterocycles. The highest BCUT2D eigenvalue weighted by Crippen LogP contribution is 2.26. The fraction of sp³-hybridized carbons (Fsp3) is 0.478. The number of aromatic nitrogens is 1.